The topological polar surface area (TPSA) is 15.3 Å². The number of hydrogen-bond donors (Lipinski definition) is 1. The number of nitrogens with one attached hydrogen (secondary N) is 1. The fraction of sp³-hybridized carbons (Fsp3) is 0.684. The first kappa shape index (κ1) is 15.1. The van der Waals surface area contributed by atoms with Gasteiger partial charge in [0.25, 0.3) is 0 Å². The van der Waals surface area contributed by atoms with Crippen molar-refractivity contribution < 1.29 is 0 Å². The van der Waals surface area contributed by atoms with Crippen LogP contribution in [0.25, 0.3) is 0 Å². The third kappa shape index (κ3) is 3.49. The predicted octanol–water partition coefficient (Wildman–Crippen LogP) is 3.47. The van der Waals surface area contributed by atoms with Crippen LogP contribution in [0.2, 0.25) is 0 Å². The standard InChI is InChI=1S/C19H30N2/c1-15(9-10-17-7-5-4-6-8-17)21-14-19(3,18-11-12-18)20-13-16(21)2/h4-8,15-16,18,20H,9-14H2,1-3H3. The normalized spacial score (nSPS) is 32.0. The summed E-state index contributed by atoms with van der Waals surface area (Å²) in [5.41, 5.74) is 1.82. The van der Waals surface area contributed by atoms with Crippen LogP contribution in [-0.2, 0) is 6.42 Å². The van der Waals surface area contributed by atoms with Crippen molar-refractivity contribution in [2.24, 2.45) is 5.92 Å². The van der Waals surface area contributed by atoms with Gasteiger partial charge >= 0.3 is 0 Å². The van der Waals surface area contributed by atoms with Gasteiger partial charge in [0, 0.05) is 30.7 Å². The van der Waals surface area contributed by atoms with Gasteiger partial charge in [-0.3, -0.25) is 4.90 Å². The molecule has 1 N–H and O–H groups in total. The molecule has 1 aliphatic heterocycles. The predicted molar refractivity (Wildman–Crippen MR) is 89.5 cm³/mol. The van der Waals surface area contributed by atoms with Crippen LogP contribution in [0.4, 0.5) is 0 Å². The summed E-state index contributed by atoms with van der Waals surface area (Å²) in [7, 11) is 0. The summed E-state index contributed by atoms with van der Waals surface area (Å²) in [6.45, 7) is 9.58. The zero-order valence-corrected chi connectivity index (χ0v) is 13.8. The van der Waals surface area contributed by atoms with E-state index in [2.05, 4.69) is 61.3 Å². The monoisotopic (exact) mass is 286 g/mol. The van der Waals surface area contributed by atoms with Gasteiger partial charge < -0.3 is 5.32 Å². The lowest BCUT2D eigenvalue weighted by atomic mass is 9.89. The summed E-state index contributed by atoms with van der Waals surface area (Å²) in [4.78, 5) is 2.75. The largest absolute Gasteiger partial charge is 0.308 e. The Balaban J connectivity index is 1.58. The van der Waals surface area contributed by atoms with Crippen molar-refractivity contribution in [1.82, 2.24) is 10.2 Å². The summed E-state index contributed by atoms with van der Waals surface area (Å²) in [5, 5.41) is 3.82. The molecule has 0 amide bonds. The minimum Gasteiger partial charge on any atom is -0.308 e. The molecule has 2 nitrogen and oxygen atoms in total. The van der Waals surface area contributed by atoms with E-state index in [9.17, 15) is 0 Å². The Morgan fingerprint density at radius 1 is 1.29 bits per heavy atom. The fourth-order valence-corrected chi connectivity index (χ4v) is 3.86. The van der Waals surface area contributed by atoms with E-state index in [4.69, 9.17) is 0 Å². The molecule has 0 spiro atoms. The van der Waals surface area contributed by atoms with E-state index in [0.717, 1.165) is 12.5 Å². The zero-order valence-electron chi connectivity index (χ0n) is 13.8. The van der Waals surface area contributed by atoms with Crippen molar-refractivity contribution in [3.8, 4) is 0 Å². The maximum atomic E-state index is 3.82. The highest BCUT2D eigenvalue weighted by Gasteiger charge is 2.45. The summed E-state index contributed by atoms with van der Waals surface area (Å²) < 4.78 is 0. The zero-order chi connectivity index (χ0) is 14.9. The second-order valence-corrected chi connectivity index (χ2v) is 7.47. The van der Waals surface area contributed by atoms with Gasteiger partial charge in [0.15, 0.2) is 0 Å². The van der Waals surface area contributed by atoms with E-state index in [0.29, 0.717) is 17.6 Å². The molecule has 0 radical (unpaired) electrons. The maximum absolute atomic E-state index is 3.82. The van der Waals surface area contributed by atoms with Gasteiger partial charge in [0.05, 0.1) is 0 Å². The maximum Gasteiger partial charge on any atom is 0.0309 e. The summed E-state index contributed by atoms with van der Waals surface area (Å²) in [5.74, 6) is 0.911. The first-order chi connectivity index (χ1) is 10.1. The molecule has 3 rings (SSSR count). The number of piperazine rings is 1. The van der Waals surface area contributed by atoms with Crippen molar-refractivity contribution in [1.29, 1.82) is 0 Å². The van der Waals surface area contributed by atoms with Gasteiger partial charge in [-0.05, 0) is 57.9 Å². The highest BCUT2D eigenvalue weighted by Crippen LogP contribution is 2.41. The van der Waals surface area contributed by atoms with E-state index in [1.165, 1.54) is 37.8 Å². The van der Waals surface area contributed by atoms with Gasteiger partial charge in [-0.2, -0.15) is 0 Å². The van der Waals surface area contributed by atoms with Crippen molar-refractivity contribution in [3.63, 3.8) is 0 Å². The van der Waals surface area contributed by atoms with Crippen LogP contribution in [0.1, 0.15) is 45.6 Å². The molecule has 2 heteroatoms. The number of rotatable bonds is 5. The Morgan fingerprint density at radius 2 is 2.00 bits per heavy atom. The van der Waals surface area contributed by atoms with E-state index in [1.807, 2.05) is 0 Å². The third-order valence-corrected chi connectivity index (χ3v) is 5.62. The second kappa shape index (κ2) is 6.10. The summed E-state index contributed by atoms with van der Waals surface area (Å²) >= 11 is 0. The van der Waals surface area contributed by atoms with Gasteiger partial charge in [-0.25, -0.2) is 0 Å². The van der Waals surface area contributed by atoms with Gasteiger partial charge in [0.2, 0.25) is 0 Å². The second-order valence-electron chi connectivity index (χ2n) is 7.47. The van der Waals surface area contributed by atoms with Crippen LogP contribution in [-0.4, -0.2) is 35.6 Å². The minimum atomic E-state index is 0.355. The Hall–Kier alpha value is -0.860. The lowest BCUT2D eigenvalue weighted by Gasteiger charge is -2.48. The molecule has 0 aromatic heterocycles. The lowest BCUT2D eigenvalue weighted by Crippen LogP contribution is -2.64. The highest BCUT2D eigenvalue weighted by molar-refractivity contribution is 5.15. The number of aryl methyl sites for hydroxylation is 1. The molecule has 1 aromatic rings. The van der Waals surface area contributed by atoms with Crippen molar-refractivity contribution in [3.05, 3.63) is 35.9 Å². The molecular weight excluding hydrogens is 256 g/mol. The molecule has 1 aromatic carbocycles. The lowest BCUT2D eigenvalue weighted by molar-refractivity contribution is 0.0492. The third-order valence-electron chi connectivity index (χ3n) is 5.62. The molecule has 1 saturated heterocycles. The van der Waals surface area contributed by atoms with Crippen LogP contribution in [0, 0.1) is 5.92 Å². The molecule has 21 heavy (non-hydrogen) atoms. The smallest absolute Gasteiger partial charge is 0.0309 e. The van der Waals surface area contributed by atoms with Crippen LogP contribution >= 0.6 is 0 Å². The average molecular weight is 286 g/mol. The highest BCUT2D eigenvalue weighted by atomic mass is 15.3. The Morgan fingerprint density at radius 3 is 2.67 bits per heavy atom. The molecule has 2 aliphatic rings. The van der Waals surface area contributed by atoms with Crippen LogP contribution < -0.4 is 5.32 Å². The van der Waals surface area contributed by atoms with Crippen molar-refractivity contribution in [2.45, 2.75) is 64.1 Å². The van der Waals surface area contributed by atoms with E-state index in [-0.39, 0.29) is 0 Å². The van der Waals surface area contributed by atoms with E-state index >= 15 is 0 Å². The Bertz CT molecular complexity index is 454. The van der Waals surface area contributed by atoms with Crippen LogP contribution in [0.15, 0.2) is 30.3 Å². The molecule has 2 fully saturated rings. The first-order valence-corrected chi connectivity index (χ1v) is 8.63. The molecule has 1 aliphatic carbocycles. The van der Waals surface area contributed by atoms with E-state index < -0.39 is 0 Å². The molecule has 3 atom stereocenters. The van der Waals surface area contributed by atoms with Gasteiger partial charge in [0.1, 0.15) is 0 Å². The first-order valence-electron chi connectivity index (χ1n) is 8.63. The Labute approximate surface area is 129 Å². The SMILES string of the molecule is CC(CCc1ccccc1)N1CC(C)(C2CC2)NCC1C. The number of nitrogens with zero attached hydrogens (tertiary/aromatic N) is 1. The van der Waals surface area contributed by atoms with Crippen molar-refractivity contribution >= 4 is 0 Å². The van der Waals surface area contributed by atoms with Crippen LogP contribution in [0.5, 0.6) is 0 Å². The van der Waals surface area contributed by atoms with E-state index in [1.54, 1.807) is 0 Å². The quantitative estimate of drug-likeness (QED) is 0.891. The molecule has 116 valence electrons. The van der Waals surface area contributed by atoms with Gasteiger partial charge in [-0.15, -0.1) is 0 Å². The number of benzene rings is 1. The average Bonchev–Trinajstić information content (AvgIpc) is 3.34. The number of hydrogen-bond acceptors (Lipinski definition) is 2. The van der Waals surface area contributed by atoms with Crippen molar-refractivity contribution in [2.75, 3.05) is 13.1 Å². The molecule has 1 saturated carbocycles. The molecule has 3 unspecified atom stereocenters. The summed E-state index contributed by atoms with van der Waals surface area (Å²) in [6.07, 6.45) is 5.29. The minimum absolute atomic E-state index is 0.355. The van der Waals surface area contributed by atoms with Crippen LogP contribution in [0.3, 0.4) is 0 Å². The van der Waals surface area contributed by atoms with Gasteiger partial charge in [-0.1, -0.05) is 30.3 Å². The molecule has 0 bridgehead atoms. The molecule has 1 heterocycles. The Kier molecular flexibility index (Phi) is 4.37. The summed E-state index contributed by atoms with van der Waals surface area (Å²) in [6, 6.07) is 12.2. The molecular formula is C19H30N2. The fourth-order valence-electron chi connectivity index (χ4n) is 3.86.